The highest BCUT2D eigenvalue weighted by atomic mass is 16.5. The standard InChI is InChI=1S/C14H18N2O3/c1-10(2)8-19-7-6-16-9-15-12-5-3-4-11(13(12)16)14(17)18/h3-5,9-10H,6-8H2,1-2H3,(H,17,18). The van der Waals surface area contributed by atoms with Gasteiger partial charge in [-0.15, -0.1) is 0 Å². The van der Waals surface area contributed by atoms with Gasteiger partial charge >= 0.3 is 5.97 Å². The second kappa shape index (κ2) is 5.84. The van der Waals surface area contributed by atoms with E-state index in [9.17, 15) is 9.90 Å². The number of aromatic nitrogens is 2. The number of aromatic carboxylic acids is 1. The SMILES string of the molecule is CC(C)COCCn1cnc2cccc(C(=O)O)c21. The summed E-state index contributed by atoms with van der Waals surface area (Å²) in [5, 5.41) is 9.20. The van der Waals surface area contributed by atoms with E-state index in [1.54, 1.807) is 18.5 Å². The molecule has 0 aliphatic heterocycles. The van der Waals surface area contributed by atoms with Crippen LogP contribution in [0.15, 0.2) is 24.5 Å². The molecule has 19 heavy (non-hydrogen) atoms. The molecule has 0 bridgehead atoms. The minimum absolute atomic E-state index is 0.277. The summed E-state index contributed by atoms with van der Waals surface area (Å²) in [5.41, 5.74) is 1.63. The van der Waals surface area contributed by atoms with Crippen LogP contribution in [0.25, 0.3) is 11.0 Å². The summed E-state index contributed by atoms with van der Waals surface area (Å²) in [7, 11) is 0. The second-order valence-electron chi connectivity index (χ2n) is 4.89. The number of imidazole rings is 1. The van der Waals surface area contributed by atoms with Crippen molar-refractivity contribution in [2.75, 3.05) is 13.2 Å². The van der Waals surface area contributed by atoms with Crippen LogP contribution in [-0.4, -0.2) is 33.8 Å². The average molecular weight is 262 g/mol. The fourth-order valence-electron chi connectivity index (χ4n) is 1.95. The quantitative estimate of drug-likeness (QED) is 0.812. The summed E-state index contributed by atoms with van der Waals surface area (Å²) >= 11 is 0. The van der Waals surface area contributed by atoms with Gasteiger partial charge in [0.1, 0.15) is 0 Å². The van der Waals surface area contributed by atoms with E-state index in [2.05, 4.69) is 18.8 Å². The summed E-state index contributed by atoms with van der Waals surface area (Å²) in [6.07, 6.45) is 1.66. The minimum Gasteiger partial charge on any atom is -0.478 e. The Labute approximate surface area is 111 Å². The van der Waals surface area contributed by atoms with Crippen molar-refractivity contribution in [3.63, 3.8) is 0 Å². The van der Waals surface area contributed by atoms with Gasteiger partial charge in [0.2, 0.25) is 0 Å². The Balaban J connectivity index is 2.17. The number of benzene rings is 1. The Morgan fingerprint density at radius 3 is 2.95 bits per heavy atom. The van der Waals surface area contributed by atoms with Crippen molar-refractivity contribution in [1.82, 2.24) is 9.55 Å². The molecular weight excluding hydrogens is 244 g/mol. The van der Waals surface area contributed by atoms with E-state index in [-0.39, 0.29) is 5.56 Å². The molecule has 2 aromatic rings. The van der Waals surface area contributed by atoms with Crippen LogP contribution in [0.1, 0.15) is 24.2 Å². The van der Waals surface area contributed by atoms with Crippen LogP contribution < -0.4 is 0 Å². The van der Waals surface area contributed by atoms with E-state index in [1.165, 1.54) is 0 Å². The number of hydrogen-bond acceptors (Lipinski definition) is 3. The number of fused-ring (bicyclic) bond motifs is 1. The molecule has 1 heterocycles. The number of nitrogens with zero attached hydrogens (tertiary/aromatic N) is 2. The lowest BCUT2D eigenvalue weighted by Gasteiger charge is -2.09. The van der Waals surface area contributed by atoms with E-state index >= 15 is 0 Å². The molecule has 5 heteroatoms. The van der Waals surface area contributed by atoms with Gasteiger partial charge in [-0.3, -0.25) is 0 Å². The lowest BCUT2D eigenvalue weighted by molar-refractivity contribution is 0.0698. The van der Waals surface area contributed by atoms with Crippen molar-refractivity contribution < 1.29 is 14.6 Å². The summed E-state index contributed by atoms with van der Waals surface area (Å²) in [5.74, 6) is -0.440. The molecule has 0 aliphatic carbocycles. The molecule has 0 fully saturated rings. The van der Waals surface area contributed by atoms with Crippen LogP contribution in [0.3, 0.4) is 0 Å². The highest BCUT2D eigenvalue weighted by Gasteiger charge is 2.12. The molecule has 1 aromatic carbocycles. The highest BCUT2D eigenvalue weighted by molar-refractivity contribution is 6.01. The van der Waals surface area contributed by atoms with Crippen LogP contribution in [0, 0.1) is 5.92 Å². The predicted octanol–water partition coefficient (Wildman–Crippen LogP) is 2.41. The molecule has 102 valence electrons. The molecule has 0 saturated heterocycles. The molecule has 0 amide bonds. The van der Waals surface area contributed by atoms with E-state index in [0.717, 1.165) is 0 Å². The number of para-hydroxylation sites is 1. The molecule has 0 atom stereocenters. The Morgan fingerprint density at radius 2 is 2.26 bits per heavy atom. The maximum Gasteiger partial charge on any atom is 0.337 e. The van der Waals surface area contributed by atoms with E-state index in [4.69, 9.17) is 4.74 Å². The smallest absolute Gasteiger partial charge is 0.337 e. The molecule has 1 aromatic heterocycles. The van der Waals surface area contributed by atoms with E-state index in [0.29, 0.717) is 36.7 Å². The minimum atomic E-state index is -0.935. The van der Waals surface area contributed by atoms with Crippen LogP contribution in [-0.2, 0) is 11.3 Å². The number of hydrogen-bond donors (Lipinski definition) is 1. The fourth-order valence-corrected chi connectivity index (χ4v) is 1.95. The fraction of sp³-hybridized carbons (Fsp3) is 0.429. The lowest BCUT2D eigenvalue weighted by Crippen LogP contribution is -2.10. The molecule has 0 aliphatic rings. The van der Waals surface area contributed by atoms with Gasteiger partial charge in [-0.1, -0.05) is 19.9 Å². The third-order valence-corrected chi connectivity index (χ3v) is 2.80. The van der Waals surface area contributed by atoms with Gasteiger partial charge in [0.25, 0.3) is 0 Å². The van der Waals surface area contributed by atoms with Crippen molar-refractivity contribution in [3.8, 4) is 0 Å². The zero-order valence-electron chi connectivity index (χ0n) is 11.2. The molecule has 0 saturated carbocycles. The van der Waals surface area contributed by atoms with Gasteiger partial charge in [-0.25, -0.2) is 9.78 Å². The normalized spacial score (nSPS) is 11.3. The third kappa shape index (κ3) is 3.12. The van der Waals surface area contributed by atoms with Crippen molar-refractivity contribution in [2.24, 2.45) is 5.92 Å². The summed E-state index contributed by atoms with van der Waals surface area (Å²) in [6.45, 7) is 6.05. The zero-order chi connectivity index (χ0) is 13.8. The molecule has 0 unspecified atom stereocenters. The van der Waals surface area contributed by atoms with Crippen LogP contribution >= 0.6 is 0 Å². The molecule has 1 N–H and O–H groups in total. The van der Waals surface area contributed by atoms with Gasteiger partial charge in [0.05, 0.1) is 29.5 Å². The highest BCUT2D eigenvalue weighted by Crippen LogP contribution is 2.18. The number of carbonyl (C=O) groups is 1. The van der Waals surface area contributed by atoms with Gasteiger partial charge in [-0.2, -0.15) is 0 Å². The number of carboxylic acid groups (broad SMARTS) is 1. The Hall–Kier alpha value is -1.88. The van der Waals surface area contributed by atoms with Gasteiger partial charge < -0.3 is 14.4 Å². The lowest BCUT2D eigenvalue weighted by atomic mass is 10.2. The average Bonchev–Trinajstić information content (AvgIpc) is 2.77. The van der Waals surface area contributed by atoms with Crippen molar-refractivity contribution in [1.29, 1.82) is 0 Å². The first-order valence-corrected chi connectivity index (χ1v) is 6.34. The predicted molar refractivity (Wildman–Crippen MR) is 72.3 cm³/mol. The Kier molecular flexibility index (Phi) is 4.16. The largest absolute Gasteiger partial charge is 0.478 e. The first-order valence-electron chi connectivity index (χ1n) is 6.34. The molecule has 5 nitrogen and oxygen atoms in total. The van der Waals surface area contributed by atoms with Gasteiger partial charge in [0.15, 0.2) is 0 Å². The van der Waals surface area contributed by atoms with E-state index in [1.807, 2.05) is 10.6 Å². The van der Waals surface area contributed by atoms with Crippen LogP contribution in [0.4, 0.5) is 0 Å². The monoisotopic (exact) mass is 262 g/mol. The molecule has 0 spiro atoms. The summed E-state index contributed by atoms with van der Waals surface area (Å²) in [4.78, 5) is 15.4. The number of rotatable bonds is 6. The number of carboxylic acids is 1. The number of ether oxygens (including phenoxy) is 1. The van der Waals surface area contributed by atoms with Crippen molar-refractivity contribution >= 4 is 17.0 Å². The Morgan fingerprint density at radius 1 is 1.47 bits per heavy atom. The van der Waals surface area contributed by atoms with Crippen molar-refractivity contribution in [3.05, 3.63) is 30.1 Å². The van der Waals surface area contributed by atoms with Crippen molar-refractivity contribution in [2.45, 2.75) is 20.4 Å². The third-order valence-electron chi connectivity index (χ3n) is 2.80. The Bertz CT molecular complexity index is 575. The van der Waals surface area contributed by atoms with Crippen LogP contribution in [0.5, 0.6) is 0 Å². The molecular formula is C14H18N2O3. The topological polar surface area (TPSA) is 64.4 Å². The van der Waals surface area contributed by atoms with Gasteiger partial charge in [-0.05, 0) is 18.1 Å². The first kappa shape index (κ1) is 13.5. The summed E-state index contributed by atoms with van der Waals surface area (Å²) < 4.78 is 7.35. The molecule has 0 radical (unpaired) electrons. The second-order valence-corrected chi connectivity index (χ2v) is 4.89. The van der Waals surface area contributed by atoms with Crippen LogP contribution in [0.2, 0.25) is 0 Å². The first-order chi connectivity index (χ1) is 9.09. The zero-order valence-corrected chi connectivity index (χ0v) is 11.2. The van der Waals surface area contributed by atoms with E-state index < -0.39 is 5.97 Å². The maximum absolute atomic E-state index is 11.2. The molecule has 2 rings (SSSR count). The van der Waals surface area contributed by atoms with Gasteiger partial charge in [0, 0.05) is 13.2 Å². The summed E-state index contributed by atoms with van der Waals surface area (Å²) in [6, 6.07) is 5.11. The maximum atomic E-state index is 11.2.